The number of aliphatic hydroxyl groups excluding tert-OH is 1. The maximum Gasteiger partial charge on any atom is 0.0570 e. The van der Waals surface area contributed by atoms with Crippen LogP contribution >= 0.6 is 0 Å². The Morgan fingerprint density at radius 1 is 1.29 bits per heavy atom. The average molecular weight is 199 g/mol. The van der Waals surface area contributed by atoms with E-state index in [0.717, 1.165) is 12.8 Å². The minimum Gasteiger partial charge on any atom is -0.393 e. The van der Waals surface area contributed by atoms with E-state index in [0.29, 0.717) is 12.1 Å². The highest BCUT2D eigenvalue weighted by atomic mass is 16.3. The average Bonchev–Trinajstić information content (AvgIpc) is 2.10. The van der Waals surface area contributed by atoms with E-state index in [1.165, 1.54) is 32.1 Å². The summed E-state index contributed by atoms with van der Waals surface area (Å²) in [5.74, 6) is 0. The van der Waals surface area contributed by atoms with Gasteiger partial charge >= 0.3 is 0 Å². The second-order valence-corrected chi connectivity index (χ2v) is 4.74. The SMILES string of the molecule is CCCCCCC(C)NC1CC(O)C1. The Morgan fingerprint density at radius 3 is 2.57 bits per heavy atom. The number of hydrogen-bond acceptors (Lipinski definition) is 2. The van der Waals surface area contributed by atoms with Gasteiger partial charge in [0.1, 0.15) is 0 Å². The Balaban J connectivity index is 1.91. The standard InChI is InChI=1S/C12H25NO/c1-3-4-5-6-7-10(2)13-11-8-12(14)9-11/h10-14H,3-9H2,1-2H3. The van der Waals surface area contributed by atoms with Gasteiger partial charge in [-0.1, -0.05) is 32.6 Å². The van der Waals surface area contributed by atoms with Crippen LogP contribution in [-0.2, 0) is 0 Å². The van der Waals surface area contributed by atoms with Crippen molar-refractivity contribution in [3.8, 4) is 0 Å². The number of aliphatic hydroxyl groups is 1. The van der Waals surface area contributed by atoms with Gasteiger partial charge in [-0.2, -0.15) is 0 Å². The summed E-state index contributed by atoms with van der Waals surface area (Å²) >= 11 is 0. The molecule has 0 spiro atoms. The molecule has 0 saturated heterocycles. The number of rotatable bonds is 7. The number of nitrogens with one attached hydrogen (secondary N) is 1. The summed E-state index contributed by atoms with van der Waals surface area (Å²) in [5, 5.41) is 12.7. The second kappa shape index (κ2) is 6.41. The molecule has 0 radical (unpaired) electrons. The van der Waals surface area contributed by atoms with Crippen LogP contribution in [0.2, 0.25) is 0 Å². The fraction of sp³-hybridized carbons (Fsp3) is 1.00. The van der Waals surface area contributed by atoms with Gasteiger partial charge in [0.25, 0.3) is 0 Å². The second-order valence-electron chi connectivity index (χ2n) is 4.74. The van der Waals surface area contributed by atoms with Crippen LogP contribution in [0.3, 0.4) is 0 Å². The molecule has 1 rings (SSSR count). The molecule has 0 amide bonds. The molecule has 14 heavy (non-hydrogen) atoms. The molecule has 2 heteroatoms. The van der Waals surface area contributed by atoms with E-state index in [1.54, 1.807) is 0 Å². The van der Waals surface area contributed by atoms with E-state index >= 15 is 0 Å². The van der Waals surface area contributed by atoms with Crippen LogP contribution in [0.15, 0.2) is 0 Å². The largest absolute Gasteiger partial charge is 0.393 e. The maximum absolute atomic E-state index is 9.14. The van der Waals surface area contributed by atoms with Gasteiger partial charge in [-0.3, -0.25) is 0 Å². The topological polar surface area (TPSA) is 32.3 Å². The lowest BCUT2D eigenvalue weighted by Crippen LogP contribution is -2.47. The summed E-state index contributed by atoms with van der Waals surface area (Å²) in [6.07, 6.45) is 8.57. The molecule has 1 unspecified atom stereocenters. The van der Waals surface area contributed by atoms with Crippen LogP contribution in [0.4, 0.5) is 0 Å². The highest BCUT2D eigenvalue weighted by Crippen LogP contribution is 2.20. The molecule has 1 aliphatic rings. The summed E-state index contributed by atoms with van der Waals surface area (Å²) in [7, 11) is 0. The lowest BCUT2D eigenvalue weighted by Gasteiger charge is -2.34. The Bertz CT molecular complexity index is 143. The van der Waals surface area contributed by atoms with Crippen molar-refractivity contribution in [1.82, 2.24) is 5.32 Å². The van der Waals surface area contributed by atoms with Crippen molar-refractivity contribution < 1.29 is 5.11 Å². The first-order valence-corrected chi connectivity index (χ1v) is 6.16. The lowest BCUT2D eigenvalue weighted by molar-refractivity contribution is 0.0580. The van der Waals surface area contributed by atoms with Crippen molar-refractivity contribution in [3.63, 3.8) is 0 Å². The summed E-state index contributed by atoms with van der Waals surface area (Å²) in [6, 6.07) is 1.22. The normalized spacial score (nSPS) is 28.5. The molecule has 2 N–H and O–H groups in total. The highest BCUT2D eigenvalue weighted by molar-refractivity contribution is 4.86. The van der Waals surface area contributed by atoms with Gasteiger partial charge in [-0.05, 0) is 26.2 Å². The van der Waals surface area contributed by atoms with Crippen LogP contribution in [0.25, 0.3) is 0 Å². The van der Waals surface area contributed by atoms with E-state index in [4.69, 9.17) is 5.11 Å². The minimum absolute atomic E-state index is 0.0280. The minimum atomic E-state index is -0.0280. The molecule has 84 valence electrons. The van der Waals surface area contributed by atoms with E-state index in [1.807, 2.05) is 0 Å². The van der Waals surface area contributed by atoms with E-state index in [9.17, 15) is 0 Å². The Hall–Kier alpha value is -0.0800. The zero-order valence-electron chi connectivity index (χ0n) is 9.63. The highest BCUT2D eigenvalue weighted by Gasteiger charge is 2.27. The number of hydrogen-bond donors (Lipinski definition) is 2. The molecule has 0 aromatic carbocycles. The smallest absolute Gasteiger partial charge is 0.0570 e. The molecule has 0 heterocycles. The van der Waals surface area contributed by atoms with Gasteiger partial charge in [0.2, 0.25) is 0 Å². The molecule has 1 aliphatic carbocycles. The first-order valence-electron chi connectivity index (χ1n) is 6.16. The van der Waals surface area contributed by atoms with Crippen molar-refractivity contribution >= 4 is 0 Å². The third-order valence-corrected chi connectivity index (χ3v) is 3.12. The van der Waals surface area contributed by atoms with Crippen molar-refractivity contribution in [2.75, 3.05) is 0 Å². The van der Waals surface area contributed by atoms with Gasteiger partial charge in [0.05, 0.1) is 6.10 Å². The summed E-state index contributed by atoms with van der Waals surface area (Å²) in [5.41, 5.74) is 0. The Labute approximate surface area is 88.1 Å². The number of unbranched alkanes of at least 4 members (excludes halogenated alkanes) is 3. The van der Waals surface area contributed by atoms with Crippen LogP contribution in [0.1, 0.15) is 58.8 Å². The zero-order valence-corrected chi connectivity index (χ0v) is 9.63. The van der Waals surface area contributed by atoms with Crippen molar-refractivity contribution in [3.05, 3.63) is 0 Å². The summed E-state index contributed by atoms with van der Waals surface area (Å²) in [4.78, 5) is 0. The quantitative estimate of drug-likeness (QED) is 0.617. The molecule has 0 aromatic rings. The van der Waals surface area contributed by atoms with Gasteiger partial charge in [0.15, 0.2) is 0 Å². The lowest BCUT2D eigenvalue weighted by atomic mass is 9.88. The maximum atomic E-state index is 9.14. The van der Waals surface area contributed by atoms with Crippen molar-refractivity contribution in [1.29, 1.82) is 0 Å². The predicted molar refractivity (Wildman–Crippen MR) is 60.4 cm³/mol. The first-order chi connectivity index (χ1) is 6.72. The monoisotopic (exact) mass is 199 g/mol. The van der Waals surface area contributed by atoms with E-state index in [2.05, 4.69) is 19.2 Å². The molecule has 0 bridgehead atoms. The fourth-order valence-electron chi connectivity index (χ4n) is 2.09. The van der Waals surface area contributed by atoms with E-state index in [-0.39, 0.29) is 6.10 Å². The van der Waals surface area contributed by atoms with Crippen molar-refractivity contribution in [2.45, 2.75) is 77.0 Å². The Kier molecular flexibility index (Phi) is 5.49. The van der Waals surface area contributed by atoms with Gasteiger partial charge in [0, 0.05) is 12.1 Å². The van der Waals surface area contributed by atoms with Gasteiger partial charge in [-0.15, -0.1) is 0 Å². The summed E-state index contributed by atoms with van der Waals surface area (Å²) < 4.78 is 0. The van der Waals surface area contributed by atoms with Gasteiger partial charge in [-0.25, -0.2) is 0 Å². The van der Waals surface area contributed by atoms with E-state index < -0.39 is 0 Å². The van der Waals surface area contributed by atoms with Crippen LogP contribution < -0.4 is 5.32 Å². The third kappa shape index (κ3) is 4.43. The Morgan fingerprint density at radius 2 is 2.00 bits per heavy atom. The predicted octanol–water partition coefficient (Wildman–Crippen LogP) is 2.46. The fourth-order valence-corrected chi connectivity index (χ4v) is 2.09. The van der Waals surface area contributed by atoms with Crippen LogP contribution in [-0.4, -0.2) is 23.3 Å². The molecular formula is C12H25NO. The molecule has 1 fully saturated rings. The molecule has 1 saturated carbocycles. The molecule has 0 aliphatic heterocycles. The third-order valence-electron chi connectivity index (χ3n) is 3.12. The molecule has 0 aromatic heterocycles. The van der Waals surface area contributed by atoms with Crippen LogP contribution in [0, 0.1) is 0 Å². The zero-order chi connectivity index (χ0) is 10.4. The molecular weight excluding hydrogens is 174 g/mol. The van der Waals surface area contributed by atoms with Crippen LogP contribution in [0.5, 0.6) is 0 Å². The molecule has 2 nitrogen and oxygen atoms in total. The molecule has 1 atom stereocenters. The van der Waals surface area contributed by atoms with Crippen molar-refractivity contribution in [2.24, 2.45) is 0 Å². The van der Waals surface area contributed by atoms with Gasteiger partial charge < -0.3 is 10.4 Å². The first kappa shape index (κ1) is 12.0. The summed E-state index contributed by atoms with van der Waals surface area (Å²) in [6.45, 7) is 4.51.